The molecule has 2 rings (SSSR count). The number of carbonyl (C=O) groups excluding carboxylic acids is 1. The van der Waals surface area contributed by atoms with Gasteiger partial charge in [-0.1, -0.05) is 36.4 Å². The maximum atomic E-state index is 11.8. The predicted octanol–water partition coefficient (Wildman–Crippen LogP) is 1.20. The van der Waals surface area contributed by atoms with Crippen LogP contribution in [0.5, 0.6) is 0 Å². The van der Waals surface area contributed by atoms with Gasteiger partial charge in [-0.05, 0) is 30.2 Å². The molecule has 4 nitrogen and oxygen atoms in total. The molecular formula is C15H17N3O. The summed E-state index contributed by atoms with van der Waals surface area (Å²) < 4.78 is 0. The third-order valence-corrected chi connectivity index (χ3v) is 3.03. The van der Waals surface area contributed by atoms with E-state index < -0.39 is 11.8 Å². The smallest absolute Gasteiger partial charge is 0.231 e. The number of amides is 1. The minimum Gasteiger partial charge on any atom is -0.369 e. The first-order valence-corrected chi connectivity index (χ1v) is 6.22. The van der Waals surface area contributed by atoms with Crippen LogP contribution in [0.1, 0.15) is 22.7 Å². The van der Waals surface area contributed by atoms with Crippen molar-refractivity contribution in [1.29, 1.82) is 0 Å². The first-order chi connectivity index (χ1) is 9.24. The molecule has 1 heterocycles. The Bertz CT molecular complexity index is 554. The lowest BCUT2D eigenvalue weighted by molar-refractivity contribution is -0.118. The lowest BCUT2D eigenvalue weighted by Gasteiger charge is -2.16. The molecule has 1 aromatic heterocycles. The molecule has 0 aliphatic carbocycles. The Kier molecular flexibility index (Phi) is 4.26. The Morgan fingerprint density at radius 3 is 2.53 bits per heavy atom. The number of hydrogen-bond acceptors (Lipinski definition) is 3. The zero-order valence-electron chi connectivity index (χ0n) is 10.6. The number of benzene rings is 1. The Morgan fingerprint density at radius 1 is 1.16 bits per heavy atom. The van der Waals surface area contributed by atoms with Crippen molar-refractivity contribution in [2.24, 2.45) is 11.5 Å². The number of nitrogens with two attached hydrogens (primary N) is 2. The lowest BCUT2D eigenvalue weighted by Crippen LogP contribution is -2.24. The lowest BCUT2D eigenvalue weighted by atomic mass is 9.91. The van der Waals surface area contributed by atoms with E-state index >= 15 is 0 Å². The summed E-state index contributed by atoms with van der Waals surface area (Å²) in [6, 6.07) is 13.2. The third-order valence-electron chi connectivity index (χ3n) is 3.03. The molecule has 0 saturated carbocycles. The molecule has 4 heteroatoms. The predicted molar refractivity (Wildman–Crippen MR) is 74.5 cm³/mol. The molecule has 1 amide bonds. The number of primary amides is 1. The number of rotatable bonds is 5. The summed E-state index contributed by atoms with van der Waals surface area (Å²) in [6.07, 6.45) is 2.36. The normalized spacial score (nSPS) is 12.1. The van der Waals surface area contributed by atoms with Crippen LogP contribution in [-0.2, 0) is 11.2 Å². The first-order valence-electron chi connectivity index (χ1n) is 6.22. The topological polar surface area (TPSA) is 82.0 Å². The molecule has 0 saturated heterocycles. The van der Waals surface area contributed by atoms with Crippen molar-refractivity contribution in [1.82, 2.24) is 4.98 Å². The summed E-state index contributed by atoms with van der Waals surface area (Å²) in [4.78, 5) is 16.1. The van der Waals surface area contributed by atoms with Crippen molar-refractivity contribution < 1.29 is 4.79 Å². The van der Waals surface area contributed by atoms with Gasteiger partial charge in [0, 0.05) is 6.20 Å². The molecule has 19 heavy (non-hydrogen) atoms. The van der Waals surface area contributed by atoms with E-state index in [2.05, 4.69) is 4.98 Å². The number of nitrogens with zero attached hydrogens (tertiary/aromatic N) is 1. The zero-order chi connectivity index (χ0) is 13.7. The van der Waals surface area contributed by atoms with Gasteiger partial charge in [0.25, 0.3) is 0 Å². The quantitative estimate of drug-likeness (QED) is 0.842. The number of aromatic nitrogens is 1. The standard InChI is InChI=1S/C15H17N3O/c16-9-8-12-7-4-10-18-14(12)13(15(17)19)11-5-2-1-3-6-11/h1-7,10,13H,8-9,16H2,(H2,17,19). The highest BCUT2D eigenvalue weighted by Gasteiger charge is 2.23. The van der Waals surface area contributed by atoms with Crippen molar-refractivity contribution in [3.63, 3.8) is 0 Å². The Balaban J connectivity index is 2.49. The summed E-state index contributed by atoms with van der Waals surface area (Å²) in [7, 11) is 0. The van der Waals surface area contributed by atoms with Gasteiger partial charge in [-0.15, -0.1) is 0 Å². The molecule has 98 valence electrons. The van der Waals surface area contributed by atoms with Crippen molar-refractivity contribution in [3.05, 3.63) is 65.5 Å². The van der Waals surface area contributed by atoms with Crippen LogP contribution in [0, 0.1) is 0 Å². The van der Waals surface area contributed by atoms with Crippen LogP contribution in [0.4, 0.5) is 0 Å². The molecule has 0 aliphatic rings. The van der Waals surface area contributed by atoms with Crippen LogP contribution in [0.2, 0.25) is 0 Å². The summed E-state index contributed by atoms with van der Waals surface area (Å²) >= 11 is 0. The second kappa shape index (κ2) is 6.11. The van der Waals surface area contributed by atoms with E-state index in [-0.39, 0.29) is 0 Å². The van der Waals surface area contributed by atoms with Crippen molar-refractivity contribution in [2.75, 3.05) is 6.54 Å². The van der Waals surface area contributed by atoms with Crippen LogP contribution >= 0.6 is 0 Å². The third kappa shape index (κ3) is 2.98. The van der Waals surface area contributed by atoms with Crippen molar-refractivity contribution >= 4 is 5.91 Å². The highest BCUT2D eigenvalue weighted by atomic mass is 16.1. The SMILES string of the molecule is NCCc1cccnc1C(C(N)=O)c1ccccc1. The van der Waals surface area contributed by atoms with Crippen LogP contribution in [-0.4, -0.2) is 17.4 Å². The van der Waals surface area contributed by atoms with Gasteiger partial charge in [-0.2, -0.15) is 0 Å². The summed E-state index contributed by atoms with van der Waals surface area (Å²) in [6.45, 7) is 0.513. The molecular weight excluding hydrogens is 238 g/mol. The van der Waals surface area contributed by atoms with E-state index in [0.29, 0.717) is 18.7 Å². The van der Waals surface area contributed by atoms with E-state index in [9.17, 15) is 4.79 Å². The minimum atomic E-state index is -0.524. The maximum Gasteiger partial charge on any atom is 0.231 e. The molecule has 2 aromatic rings. The van der Waals surface area contributed by atoms with E-state index in [0.717, 1.165) is 11.1 Å². The van der Waals surface area contributed by atoms with Gasteiger partial charge < -0.3 is 11.5 Å². The van der Waals surface area contributed by atoms with E-state index in [1.165, 1.54) is 0 Å². The Hall–Kier alpha value is -2.20. The second-order valence-electron chi connectivity index (χ2n) is 4.33. The monoisotopic (exact) mass is 255 g/mol. The van der Waals surface area contributed by atoms with Gasteiger partial charge >= 0.3 is 0 Å². The maximum absolute atomic E-state index is 11.8. The molecule has 0 bridgehead atoms. The zero-order valence-corrected chi connectivity index (χ0v) is 10.6. The molecule has 0 spiro atoms. The number of pyridine rings is 1. The largest absolute Gasteiger partial charge is 0.369 e. The molecule has 4 N–H and O–H groups in total. The summed E-state index contributed by atoms with van der Waals surface area (Å²) in [5, 5.41) is 0. The fourth-order valence-electron chi connectivity index (χ4n) is 2.18. The van der Waals surface area contributed by atoms with Crippen molar-refractivity contribution in [3.8, 4) is 0 Å². The van der Waals surface area contributed by atoms with E-state index in [4.69, 9.17) is 11.5 Å². The Morgan fingerprint density at radius 2 is 1.89 bits per heavy atom. The van der Waals surface area contributed by atoms with Crippen LogP contribution in [0.3, 0.4) is 0 Å². The molecule has 0 fully saturated rings. The van der Waals surface area contributed by atoms with Crippen LogP contribution in [0.15, 0.2) is 48.7 Å². The molecule has 0 aliphatic heterocycles. The molecule has 1 unspecified atom stereocenters. The first kappa shape index (κ1) is 13.2. The average Bonchev–Trinajstić information content (AvgIpc) is 2.42. The second-order valence-corrected chi connectivity index (χ2v) is 4.33. The van der Waals surface area contributed by atoms with Gasteiger partial charge in [0.2, 0.25) is 5.91 Å². The number of hydrogen-bond donors (Lipinski definition) is 2. The average molecular weight is 255 g/mol. The summed E-state index contributed by atoms with van der Waals surface area (Å²) in [5.41, 5.74) is 13.7. The fourth-order valence-corrected chi connectivity index (χ4v) is 2.18. The molecule has 1 aromatic carbocycles. The van der Waals surface area contributed by atoms with Crippen LogP contribution < -0.4 is 11.5 Å². The van der Waals surface area contributed by atoms with Gasteiger partial charge in [0.05, 0.1) is 5.69 Å². The molecule has 0 radical (unpaired) electrons. The van der Waals surface area contributed by atoms with Crippen molar-refractivity contribution in [2.45, 2.75) is 12.3 Å². The fraction of sp³-hybridized carbons (Fsp3) is 0.200. The molecule has 1 atom stereocenters. The van der Waals surface area contributed by atoms with E-state index in [1.807, 2.05) is 42.5 Å². The summed E-state index contributed by atoms with van der Waals surface area (Å²) in [5.74, 6) is -0.924. The van der Waals surface area contributed by atoms with Crippen LogP contribution in [0.25, 0.3) is 0 Å². The minimum absolute atomic E-state index is 0.400. The highest BCUT2D eigenvalue weighted by molar-refractivity contribution is 5.85. The van der Waals surface area contributed by atoms with Gasteiger partial charge in [-0.3, -0.25) is 9.78 Å². The Labute approximate surface area is 112 Å². The van der Waals surface area contributed by atoms with Gasteiger partial charge in [0.15, 0.2) is 0 Å². The van der Waals surface area contributed by atoms with Gasteiger partial charge in [0.1, 0.15) is 5.92 Å². The van der Waals surface area contributed by atoms with Gasteiger partial charge in [-0.25, -0.2) is 0 Å². The number of carbonyl (C=O) groups is 1. The highest BCUT2D eigenvalue weighted by Crippen LogP contribution is 2.25. The van der Waals surface area contributed by atoms with E-state index in [1.54, 1.807) is 6.20 Å².